The predicted molar refractivity (Wildman–Crippen MR) is 163 cm³/mol. The van der Waals surface area contributed by atoms with E-state index in [2.05, 4.69) is 16.0 Å². The zero-order valence-corrected chi connectivity index (χ0v) is 25.4. The lowest BCUT2D eigenvalue weighted by Crippen LogP contribution is -2.52. The first-order valence-electron chi connectivity index (χ1n) is 14.4. The van der Waals surface area contributed by atoms with Crippen molar-refractivity contribution in [3.8, 4) is 5.75 Å². The molecule has 0 heterocycles. The van der Waals surface area contributed by atoms with E-state index < -0.39 is 48.4 Å². The molecule has 5 N–H and O–H groups in total. The van der Waals surface area contributed by atoms with E-state index in [1.54, 1.807) is 20.8 Å². The smallest absolute Gasteiger partial charge is 0.422 e. The minimum Gasteiger partial charge on any atom is -0.484 e. The van der Waals surface area contributed by atoms with Gasteiger partial charge in [-0.15, -0.1) is 0 Å². The molecule has 2 atom stereocenters. The molecule has 0 unspecified atom stereocenters. The molecule has 0 aromatic heterocycles. The fraction of sp³-hybridized carbons (Fsp3) is 0.364. The molecule has 9 nitrogen and oxygen atoms in total. The minimum atomic E-state index is -4.45. The number of carbonyl (C=O) groups excluding carboxylic acids is 3. The Balaban J connectivity index is 1.56. The fourth-order valence-electron chi connectivity index (χ4n) is 4.15. The molecule has 242 valence electrons. The second-order valence-corrected chi connectivity index (χ2v) is 11.5. The van der Waals surface area contributed by atoms with Crippen LogP contribution in [0.2, 0.25) is 0 Å². The molecular formula is C33H39F3N4O5. The summed E-state index contributed by atoms with van der Waals surface area (Å²) < 4.78 is 47.1. The van der Waals surface area contributed by atoms with E-state index in [-0.39, 0.29) is 31.7 Å². The monoisotopic (exact) mass is 628 g/mol. The Morgan fingerprint density at radius 3 is 1.82 bits per heavy atom. The Labute approximate surface area is 260 Å². The fourth-order valence-corrected chi connectivity index (χ4v) is 4.15. The van der Waals surface area contributed by atoms with E-state index in [9.17, 15) is 27.6 Å². The number of benzene rings is 3. The number of alkyl carbamates (subject to hydrolysis) is 1. The number of nitrogens with two attached hydrogens (primary N) is 1. The maximum atomic E-state index is 13.2. The van der Waals surface area contributed by atoms with Gasteiger partial charge in [-0.25, -0.2) is 4.79 Å². The van der Waals surface area contributed by atoms with Gasteiger partial charge >= 0.3 is 12.3 Å². The third kappa shape index (κ3) is 13.3. The van der Waals surface area contributed by atoms with Gasteiger partial charge in [0.05, 0.1) is 6.04 Å². The molecule has 0 aliphatic heterocycles. The molecule has 0 fully saturated rings. The van der Waals surface area contributed by atoms with Gasteiger partial charge in [-0.3, -0.25) is 9.59 Å². The lowest BCUT2D eigenvalue weighted by molar-refractivity contribution is -0.153. The molecular weight excluding hydrogens is 589 g/mol. The third-order valence-electron chi connectivity index (χ3n) is 6.36. The Kier molecular flexibility index (Phi) is 12.4. The van der Waals surface area contributed by atoms with Gasteiger partial charge in [0, 0.05) is 19.5 Å². The highest BCUT2D eigenvalue weighted by Gasteiger charge is 2.28. The summed E-state index contributed by atoms with van der Waals surface area (Å²) in [7, 11) is 0. The van der Waals surface area contributed by atoms with Gasteiger partial charge < -0.3 is 31.2 Å². The molecule has 0 saturated heterocycles. The van der Waals surface area contributed by atoms with Crippen molar-refractivity contribution in [2.45, 2.75) is 70.6 Å². The van der Waals surface area contributed by atoms with Crippen LogP contribution in [0.25, 0.3) is 0 Å². The normalized spacial score (nSPS) is 12.9. The van der Waals surface area contributed by atoms with Crippen molar-refractivity contribution in [1.82, 2.24) is 16.0 Å². The van der Waals surface area contributed by atoms with Crippen LogP contribution in [-0.2, 0) is 40.3 Å². The standard InChI is InChI=1S/C33H39F3N4O5/c1-32(2,3)45-31(43)39-20-25-11-9-24(10-12-25)19-38-30(42)28(18-22-7-5-4-6-8-22)40-29(41)27(37)17-23-13-15-26(16-14-23)44-21-33(34,35)36/h4-16,27-28H,17-21,37H2,1-3H3,(H,38,42)(H,39,43)(H,40,41)/t27-,28-/m0/s1. The van der Waals surface area contributed by atoms with Crippen LogP contribution in [0.5, 0.6) is 5.75 Å². The first-order valence-corrected chi connectivity index (χ1v) is 14.4. The number of ether oxygens (including phenoxy) is 2. The van der Waals surface area contributed by atoms with Crippen molar-refractivity contribution in [1.29, 1.82) is 0 Å². The molecule has 0 aliphatic rings. The summed E-state index contributed by atoms with van der Waals surface area (Å²) >= 11 is 0. The summed E-state index contributed by atoms with van der Waals surface area (Å²) in [6, 6.07) is 20.4. The van der Waals surface area contributed by atoms with Crippen molar-refractivity contribution in [3.63, 3.8) is 0 Å². The van der Waals surface area contributed by atoms with Gasteiger partial charge in [-0.1, -0.05) is 66.7 Å². The average molecular weight is 629 g/mol. The Morgan fingerprint density at radius 2 is 1.27 bits per heavy atom. The molecule has 0 aliphatic carbocycles. The minimum absolute atomic E-state index is 0.0424. The summed E-state index contributed by atoms with van der Waals surface area (Å²) in [6.45, 7) is 4.43. The summed E-state index contributed by atoms with van der Waals surface area (Å²) in [6.07, 6.45) is -4.64. The summed E-state index contributed by atoms with van der Waals surface area (Å²) in [5, 5.41) is 8.30. The van der Waals surface area contributed by atoms with Crippen LogP contribution in [0.3, 0.4) is 0 Å². The van der Waals surface area contributed by atoms with Gasteiger partial charge in [0.25, 0.3) is 0 Å². The van der Waals surface area contributed by atoms with E-state index in [1.165, 1.54) is 24.3 Å². The zero-order chi connectivity index (χ0) is 33.0. The number of nitrogens with one attached hydrogen (secondary N) is 3. The van der Waals surface area contributed by atoms with Crippen molar-refractivity contribution < 1.29 is 37.0 Å². The van der Waals surface area contributed by atoms with Gasteiger partial charge in [-0.05, 0) is 61.6 Å². The van der Waals surface area contributed by atoms with Crippen molar-refractivity contribution in [2.24, 2.45) is 5.73 Å². The number of halogens is 3. The largest absolute Gasteiger partial charge is 0.484 e. The van der Waals surface area contributed by atoms with Crippen molar-refractivity contribution in [2.75, 3.05) is 6.61 Å². The van der Waals surface area contributed by atoms with E-state index in [4.69, 9.17) is 15.2 Å². The lowest BCUT2D eigenvalue weighted by atomic mass is 10.0. The maximum absolute atomic E-state index is 13.2. The molecule has 3 rings (SSSR count). The van der Waals surface area contributed by atoms with Gasteiger partial charge in [0.1, 0.15) is 17.4 Å². The van der Waals surface area contributed by atoms with Crippen LogP contribution in [0.1, 0.15) is 43.0 Å². The molecule has 0 spiro atoms. The van der Waals surface area contributed by atoms with E-state index >= 15 is 0 Å². The summed E-state index contributed by atoms with van der Waals surface area (Å²) in [5.41, 5.74) is 8.66. The van der Waals surface area contributed by atoms with Crippen molar-refractivity contribution in [3.05, 3.63) is 101 Å². The Hall–Kier alpha value is -4.58. The number of alkyl halides is 3. The summed E-state index contributed by atoms with van der Waals surface area (Å²) in [5.74, 6) is -0.910. The van der Waals surface area contributed by atoms with Crippen LogP contribution in [-0.4, -0.2) is 48.4 Å². The average Bonchev–Trinajstić information content (AvgIpc) is 2.98. The second kappa shape index (κ2) is 15.9. The van der Waals surface area contributed by atoms with Crippen molar-refractivity contribution >= 4 is 17.9 Å². The number of rotatable bonds is 13. The van der Waals surface area contributed by atoms with Crippen LogP contribution in [0.15, 0.2) is 78.9 Å². The first kappa shape index (κ1) is 34.9. The highest BCUT2D eigenvalue weighted by molar-refractivity contribution is 5.90. The Morgan fingerprint density at radius 1 is 0.733 bits per heavy atom. The first-order chi connectivity index (χ1) is 21.2. The van der Waals surface area contributed by atoms with Crippen LogP contribution >= 0.6 is 0 Å². The highest BCUT2D eigenvalue weighted by atomic mass is 19.4. The SMILES string of the molecule is CC(C)(C)OC(=O)NCc1ccc(CNC(=O)[C@H](Cc2ccccc2)NC(=O)[C@@H](N)Cc2ccc(OCC(F)(F)F)cc2)cc1. The van der Waals surface area contributed by atoms with Crippen LogP contribution in [0, 0.1) is 0 Å². The summed E-state index contributed by atoms with van der Waals surface area (Å²) in [4.78, 5) is 38.2. The highest BCUT2D eigenvalue weighted by Crippen LogP contribution is 2.19. The van der Waals surface area contributed by atoms with Gasteiger partial charge in [-0.2, -0.15) is 13.2 Å². The van der Waals surface area contributed by atoms with E-state index in [0.29, 0.717) is 5.56 Å². The van der Waals surface area contributed by atoms with E-state index in [0.717, 1.165) is 16.7 Å². The predicted octanol–water partition coefficient (Wildman–Crippen LogP) is 4.57. The quantitative estimate of drug-likeness (QED) is 0.220. The van der Waals surface area contributed by atoms with Gasteiger partial charge in [0.15, 0.2) is 6.61 Å². The molecule has 45 heavy (non-hydrogen) atoms. The number of amides is 3. The topological polar surface area (TPSA) is 132 Å². The number of hydrogen-bond donors (Lipinski definition) is 4. The molecule has 0 saturated carbocycles. The zero-order valence-electron chi connectivity index (χ0n) is 25.4. The third-order valence-corrected chi connectivity index (χ3v) is 6.36. The number of carbonyl (C=O) groups is 3. The van der Waals surface area contributed by atoms with Crippen LogP contribution in [0.4, 0.5) is 18.0 Å². The van der Waals surface area contributed by atoms with Gasteiger partial charge in [0.2, 0.25) is 11.8 Å². The molecule has 0 radical (unpaired) electrons. The van der Waals surface area contributed by atoms with Crippen LogP contribution < -0.4 is 26.4 Å². The number of hydrogen-bond acceptors (Lipinski definition) is 6. The Bertz CT molecular complexity index is 1390. The molecule has 3 aromatic rings. The van der Waals surface area contributed by atoms with E-state index in [1.807, 2.05) is 54.6 Å². The molecule has 3 aromatic carbocycles. The molecule has 12 heteroatoms. The molecule has 3 amide bonds. The maximum Gasteiger partial charge on any atom is 0.422 e. The lowest BCUT2D eigenvalue weighted by Gasteiger charge is -2.21. The molecule has 0 bridgehead atoms. The second-order valence-electron chi connectivity index (χ2n) is 11.5.